The second-order valence-corrected chi connectivity index (χ2v) is 3.80. The molecule has 1 atom stereocenters. The third-order valence-corrected chi connectivity index (χ3v) is 2.30. The summed E-state index contributed by atoms with van der Waals surface area (Å²) >= 11 is 0. The molecule has 1 rings (SSSR count). The zero-order valence-corrected chi connectivity index (χ0v) is 7.71. The van der Waals surface area contributed by atoms with E-state index < -0.39 is 6.10 Å². The fraction of sp³-hybridized carbons (Fsp3) is 0.889. The van der Waals surface area contributed by atoms with Gasteiger partial charge in [-0.25, -0.2) is 0 Å². The summed E-state index contributed by atoms with van der Waals surface area (Å²) in [6, 6.07) is 0.118. The van der Waals surface area contributed by atoms with Gasteiger partial charge in [0.05, 0.1) is 0 Å². The minimum Gasteiger partial charge on any atom is -0.383 e. The lowest BCUT2D eigenvalue weighted by atomic mass is 9.81. The molecule has 70 valence electrons. The number of aliphatic hydroxyl groups is 1. The lowest BCUT2D eigenvalue weighted by Gasteiger charge is -2.29. The van der Waals surface area contributed by atoms with Crippen LogP contribution < -0.4 is 5.32 Å². The fourth-order valence-corrected chi connectivity index (χ4v) is 1.34. The summed E-state index contributed by atoms with van der Waals surface area (Å²) in [5, 5.41) is 12.2. The first kappa shape index (κ1) is 9.52. The molecule has 1 aliphatic rings. The SMILES string of the molecule is CC(C)NC(=O)C(O)C1CCC1. The average Bonchev–Trinajstić information content (AvgIpc) is 1.81. The Morgan fingerprint density at radius 2 is 2.08 bits per heavy atom. The van der Waals surface area contributed by atoms with Crippen molar-refractivity contribution in [3.63, 3.8) is 0 Å². The Balaban J connectivity index is 2.30. The zero-order valence-electron chi connectivity index (χ0n) is 7.71. The molecule has 3 heteroatoms. The number of amides is 1. The number of carbonyl (C=O) groups excluding carboxylic acids is 1. The Morgan fingerprint density at radius 1 is 1.50 bits per heavy atom. The molecular formula is C9H17NO2. The van der Waals surface area contributed by atoms with Crippen LogP contribution in [-0.2, 0) is 4.79 Å². The van der Waals surface area contributed by atoms with E-state index in [0.717, 1.165) is 19.3 Å². The molecule has 1 saturated carbocycles. The molecule has 1 aliphatic carbocycles. The lowest BCUT2D eigenvalue weighted by Crippen LogP contribution is -2.44. The molecule has 0 heterocycles. The highest BCUT2D eigenvalue weighted by Crippen LogP contribution is 2.29. The van der Waals surface area contributed by atoms with Gasteiger partial charge in [0.1, 0.15) is 6.10 Å². The first-order chi connectivity index (χ1) is 5.61. The van der Waals surface area contributed by atoms with Crippen molar-refractivity contribution in [2.24, 2.45) is 5.92 Å². The van der Waals surface area contributed by atoms with Crippen LogP contribution in [0, 0.1) is 5.92 Å². The van der Waals surface area contributed by atoms with E-state index in [0.29, 0.717) is 0 Å². The summed E-state index contributed by atoms with van der Waals surface area (Å²) in [7, 11) is 0. The number of rotatable bonds is 3. The largest absolute Gasteiger partial charge is 0.383 e. The molecule has 0 bridgehead atoms. The maximum absolute atomic E-state index is 11.2. The monoisotopic (exact) mass is 171 g/mol. The Hall–Kier alpha value is -0.570. The number of hydrogen-bond acceptors (Lipinski definition) is 2. The molecule has 0 aliphatic heterocycles. The van der Waals surface area contributed by atoms with Crippen molar-refractivity contribution in [2.75, 3.05) is 0 Å². The standard InChI is InChI=1S/C9H17NO2/c1-6(2)10-9(12)8(11)7-4-3-5-7/h6-8,11H,3-5H2,1-2H3,(H,10,12). The summed E-state index contributed by atoms with van der Waals surface area (Å²) in [5.74, 6) is -0.00144. The maximum atomic E-state index is 11.2. The van der Waals surface area contributed by atoms with Crippen molar-refractivity contribution in [3.05, 3.63) is 0 Å². The van der Waals surface area contributed by atoms with Gasteiger partial charge in [0.2, 0.25) is 5.91 Å². The molecule has 1 amide bonds. The highest BCUT2D eigenvalue weighted by atomic mass is 16.3. The van der Waals surface area contributed by atoms with Gasteiger partial charge in [-0.05, 0) is 32.6 Å². The second kappa shape index (κ2) is 3.90. The van der Waals surface area contributed by atoms with Crippen molar-refractivity contribution in [1.82, 2.24) is 5.32 Å². The Morgan fingerprint density at radius 3 is 2.42 bits per heavy atom. The smallest absolute Gasteiger partial charge is 0.249 e. The van der Waals surface area contributed by atoms with E-state index in [1.54, 1.807) is 0 Å². The first-order valence-electron chi connectivity index (χ1n) is 4.59. The summed E-state index contributed by atoms with van der Waals surface area (Å²) in [6.07, 6.45) is 2.36. The predicted octanol–water partition coefficient (Wildman–Crippen LogP) is 0.672. The fourth-order valence-electron chi connectivity index (χ4n) is 1.34. The highest BCUT2D eigenvalue weighted by molar-refractivity contribution is 5.81. The predicted molar refractivity (Wildman–Crippen MR) is 46.6 cm³/mol. The quantitative estimate of drug-likeness (QED) is 0.655. The van der Waals surface area contributed by atoms with E-state index >= 15 is 0 Å². The van der Waals surface area contributed by atoms with Crippen LogP contribution in [0.2, 0.25) is 0 Å². The summed E-state index contributed by atoms with van der Waals surface area (Å²) < 4.78 is 0. The van der Waals surface area contributed by atoms with Gasteiger partial charge in [-0.1, -0.05) is 6.42 Å². The molecule has 0 spiro atoms. The van der Waals surface area contributed by atoms with Gasteiger partial charge < -0.3 is 10.4 Å². The maximum Gasteiger partial charge on any atom is 0.249 e. The molecule has 0 radical (unpaired) electrons. The van der Waals surface area contributed by atoms with Crippen LogP contribution in [0.4, 0.5) is 0 Å². The van der Waals surface area contributed by atoms with Crippen LogP contribution in [0.1, 0.15) is 33.1 Å². The average molecular weight is 171 g/mol. The molecule has 0 saturated heterocycles. The molecule has 3 nitrogen and oxygen atoms in total. The molecular weight excluding hydrogens is 154 g/mol. The Bertz CT molecular complexity index is 164. The van der Waals surface area contributed by atoms with Crippen LogP contribution in [0.15, 0.2) is 0 Å². The van der Waals surface area contributed by atoms with E-state index in [4.69, 9.17) is 0 Å². The number of carbonyl (C=O) groups is 1. The molecule has 12 heavy (non-hydrogen) atoms. The summed E-state index contributed by atoms with van der Waals surface area (Å²) in [4.78, 5) is 11.2. The van der Waals surface area contributed by atoms with Gasteiger partial charge in [-0.3, -0.25) is 4.79 Å². The van der Waals surface area contributed by atoms with Gasteiger partial charge in [0.25, 0.3) is 0 Å². The molecule has 0 aromatic rings. The second-order valence-electron chi connectivity index (χ2n) is 3.80. The van der Waals surface area contributed by atoms with Gasteiger partial charge >= 0.3 is 0 Å². The number of hydrogen-bond donors (Lipinski definition) is 2. The van der Waals surface area contributed by atoms with Crippen LogP contribution >= 0.6 is 0 Å². The van der Waals surface area contributed by atoms with Crippen LogP contribution in [0.25, 0.3) is 0 Å². The van der Waals surface area contributed by atoms with E-state index in [9.17, 15) is 9.90 Å². The number of aliphatic hydroxyl groups excluding tert-OH is 1. The number of nitrogens with one attached hydrogen (secondary N) is 1. The van der Waals surface area contributed by atoms with Crippen LogP contribution in [-0.4, -0.2) is 23.2 Å². The van der Waals surface area contributed by atoms with E-state index in [1.807, 2.05) is 13.8 Å². The van der Waals surface area contributed by atoms with E-state index in [2.05, 4.69) is 5.32 Å². The minimum absolute atomic E-state index is 0.118. The van der Waals surface area contributed by atoms with Crippen LogP contribution in [0.3, 0.4) is 0 Å². The third-order valence-electron chi connectivity index (χ3n) is 2.30. The zero-order chi connectivity index (χ0) is 9.14. The Kier molecular flexibility index (Phi) is 3.09. The lowest BCUT2D eigenvalue weighted by molar-refractivity contribution is -0.134. The molecule has 0 aromatic carbocycles. The van der Waals surface area contributed by atoms with E-state index in [1.165, 1.54) is 0 Å². The van der Waals surface area contributed by atoms with E-state index in [-0.39, 0.29) is 17.9 Å². The normalized spacial score (nSPS) is 20.3. The topological polar surface area (TPSA) is 49.3 Å². The van der Waals surface area contributed by atoms with Gasteiger partial charge in [-0.15, -0.1) is 0 Å². The summed E-state index contributed by atoms with van der Waals surface area (Å²) in [6.45, 7) is 3.79. The van der Waals surface area contributed by atoms with Gasteiger partial charge in [-0.2, -0.15) is 0 Å². The van der Waals surface area contributed by atoms with Crippen molar-refractivity contribution < 1.29 is 9.90 Å². The molecule has 0 aromatic heterocycles. The third kappa shape index (κ3) is 2.21. The van der Waals surface area contributed by atoms with Gasteiger partial charge in [0, 0.05) is 6.04 Å². The summed E-state index contributed by atoms with van der Waals surface area (Å²) in [5.41, 5.74) is 0. The highest BCUT2D eigenvalue weighted by Gasteiger charge is 2.30. The van der Waals surface area contributed by atoms with Gasteiger partial charge in [0.15, 0.2) is 0 Å². The van der Waals surface area contributed by atoms with Crippen molar-refractivity contribution >= 4 is 5.91 Å². The first-order valence-corrected chi connectivity index (χ1v) is 4.59. The molecule has 2 N–H and O–H groups in total. The van der Waals surface area contributed by atoms with Crippen molar-refractivity contribution in [2.45, 2.75) is 45.3 Å². The molecule has 1 fully saturated rings. The molecule has 1 unspecified atom stereocenters. The Labute approximate surface area is 73.2 Å². The minimum atomic E-state index is -0.777. The van der Waals surface area contributed by atoms with Crippen molar-refractivity contribution in [1.29, 1.82) is 0 Å². The van der Waals surface area contributed by atoms with Crippen LogP contribution in [0.5, 0.6) is 0 Å². The van der Waals surface area contributed by atoms with Crippen molar-refractivity contribution in [3.8, 4) is 0 Å².